The van der Waals surface area contributed by atoms with Crippen LogP contribution in [0, 0.1) is 20.8 Å². The summed E-state index contributed by atoms with van der Waals surface area (Å²) >= 11 is 12.4. The lowest BCUT2D eigenvalue weighted by Gasteiger charge is -2.37. The number of nitrogens with zero attached hydrogens (tertiary/aromatic N) is 4. The van der Waals surface area contributed by atoms with Crippen LogP contribution in [-0.2, 0) is 0 Å². The molecule has 180 valence electrons. The molecule has 1 aliphatic heterocycles. The van der Waals surface area contributed by atoms with Crippen molar-refractivity contribution in [3.05, 3.63) is 75.3 Å². The molecule has 0 atom stereocenters. The molecular formula is C26H31Cl2N5O. The van der Waals surface area contributed by atoms with Crippen molar-refractivity contribution < 1.29 is 4.79 Å². The molecule has 1 saturated heterocycles. The number of hydrogen-bond acceptors (Lipinski definition) is 4. The normalized spacial score (nSPS) is 14.4. The molecular weight excluding hydrogens is 469 g/mol. The minimum absolute atomic E-state index is 0.136. The average molecular weight is 500 g/mol. The number of carbonyl (C=O) groups is 1. The number of rotatable bonds is 7. The van der Waals surface area contributed by atoms with Gasteiger partial charge in [0.2, 0.25) is 0 Å². The summed E-state index contributed by atoms with van der Waals surface area (Å²) in [7, 11) is 0. The van der Waals surface area contributed by atoms with Gasteiger partial charge in [0.1, 0.15) is 11.5 Å². The minimum Gasteiger partial charge on any atom is -0.369 e. The number of hydrogen-bond donors (Lipinski definition) is 1. The van der Waals surface area contributed by atoms with Gasteiger partial charge < -0.3 is 14.8 Å². The van der Waals surface area contributed by atoms with E-state index in [2.05, 4.69) is 33.1 Å². The fourth-order valence-electron chi connectivity index (χ4n) is 4.59. The van der Waals surface area contributed by atoms with E-state index in [1.165, 1.54) is 5.69 Å². The first-order valence-corrected chi connectivity index (χ1v) is 12.4. The first-order valence-electron chi connectivity index (χ1n) is 11.7. The molecule has 1 aliphatic rings. The Bertz CT molecular complexity index is 1170. The summed E-state index contributed by atoms with van der Waals surface area (Å²) in [5, 5.41) is 4.51. The maximum atomic E-state index is 12.8. The molecule has 1 N–H and O–H groups in total. The van der Waals surface area contributed by atoms with Gasteiger partial charge in [-0.15, -0.1) is 0 Å². The number of carbonyl (C=O) groups excluding carboxylic acids is 1. The predicted molar refractivity (Wildman–Crippen MR) is 140 cm³/mol. The van der Waals surface area contributed by atoms with Gasteiger partial charge in [-0.1, -0.05) is 35.3 Å². The topological polar surface area (TPSA) is 53.4 Å². The summed E-state index contributed by atoms with van der Waals surface area (Å²) in [6, 6.07) is 13.7. The van der Waals surface area contributed by atoms with E-state index in [4.69, 9.17) is 23.2 Å². The first kappa shape index (κ1) is 24.6. The van der Waals surface area contributed by atoms with Crippen LogP contribution in [0.25, 0.3) is 5.69 Å². The van der Waals surface area contributed by atoms with Crippen LogP contribution in [0.3, 0.4) is 0 Å². The van der Waals surface area contributed by atoms with Crippen molar-refractivity contribution in [2.45, 2.75) is 27.2 Å². The Kier molecular flexibility index (Phi) is 7.81. The Hall–Kier alpha value is -2.54. The quantitative estimate of drug-likeness (QED) is 0.462. The number of aryl methyl sites for hydroxylation is 1. The van der Waals surface area contributed by atoms with Crippen molar-refractivity contribution >= 4 is 34.8 Å². The van der Waals surface area contributed by atoms with E-state index in [-0.39, 0.29) is 5.91 Å². The molecule has 3 aromatic rings. The third kappa shape index (κ3) is 5.40. The summed E-state index contributed by atoms with van der Waals surface area (Å²) in [6.45, 7) is 11.4. The maximum Gasteiger partial charge on any atom is 0.271 e. The van der Waals surface area contributed by atoms with Crippen LogP contribution in [0.15, 0.2) is 42.5 Å². The zero-order valence-corrected chi connectivity index (χ0v) is 21.5. The number of halogens is 2. The molecule has 0 spiro atoms. The number of nitrogens with one attached hydrogen (secondary N) is 1. The Morgan fingerprint density at radius 3 is 2.50 bits per heavy atom. The molecule has 8 heteroatoms. The minimum atomic E-state index is -0.136. The Morgan fingerprint density at radius 1 is 1.03 bits per heavy atom. The molecule has 6 nitrogen and oxygen atoms in total. The fraction of sp³-hybridized carbons (Fsp3) is 0.385. The van der Waals surface area contributed by atoms with E-state index >= 15 is 0 Å². The lowest BCUT2D eigenvalue weighted by atomic mass is 10.1. The highest BCUT2D eigenvalue weighted by Crippen LogP contribution is 2.27. The smallest absolute Gasteiger partial charge is 0.271 e. The van der Waals surface area contributed by atoms with E-state index in [1.807, 2.05) is 54.8 Å². The number of anilines is 1. The van der Waals surface area contributed by atoms with E-state index < -0.39 is 0 Å². The molecule has 34 heavy (non-hydrogen) atoms. The Morgan fingerprint density at radius 2 is 1.76 bits per heavy atom. The van der Waals surface area contributed by atoms with Crippen LogP contribution in [-0.4, -0.2) is 59.6 Å². The molecule has 0 radical (unpaired) electrons. The van der Waals surface area contributed by atoms with E-state index in [0.717, 1.165) is 66.9 Å². The molecule has 0 saturated carbocycles. The largest absolute Gasteiger partial charge is 0.369 e. The van der Waals surface area contributed by atoms with Gasteiger partial charge in [-0.05, 0) is 69.6 Å². The molecule has 2 heterocycles. The molecule has 2 aromatic carbocycles. The first-order chi connectivity index (χ1) is 16.3. The van der Waals surface area contributed by atoms with Gasteiger partial charge in [0.15, 0.2) is 0 Å². The summed E-state index contributed by atoms with van der Waals surface area (Å²) in [5.41, 5.74) is 4.54. The van der Waals surface area contributed by atoms with Gasteiger partial charge in [-0.25, -0.2) is 4.98 Å². The lowest BCUT2D eigenvalue weighted by Crippen LogP contribution is -2.47. The molecule has 0 aliphatic carbocycles. The van der Waals surface area contributed by atoms with Crippen molar-refractivity contribution in [2.24, 2.45) is 0 Å². The lowest BCUT2D eigenvalue weighted by molar-refractivity contribution is 0.0946. The van der Waals surface area contributed by atoms with Crippen LogP contribution in [0.4, 0.5) is 5.69 Å². The number of aromatic nitrogens is 2. The molecule has 1 aromatic heterocycles. The van der Waals surface area contributed by atoms with Crippen molar-refractivity contribution in [2.75, 3.05) is 44.2 Å². The van der Waals surface area contributed by atoms with Crippen LogP contribution in [0.2, 0.25) is 10.0 Å². The van der Waals surface area contributed by atoms with E-state index in [0.29, 0.717) is 17.3 Å². The maximum absolute atomic E-state index is 12.8. The number of piperazine rings is 1. The van der Waals surface area contributed by atoms with Crippen LogP contribution >= 0.6 is 23.2 Å². The van der Waals surface area contributed by atoms with Gasteiger partial charge in [0.25, 0.3) is 5.91 Å². The molecule has 0 unspecified atom stereocenters. The number of imidazole rings is 1. The Balaban J connectivity index is 1.25. The highest BCUT2D eigenvalue weighted by Gasteiger charge is 2.20. The van der Waals surface area contributed by atoms with Crippen molar-refractivity contribution in [3.63, 3.8) is 0 Å². The van der Waals surface area contributed by atoms with Crippen molar-refractivity contribution in [3.8, 4) is 5.69 Å². The molecule has 0 bridgehead atoms. The monoisotopic (exact) mass is 499 g/mol. The van der Waals surface area contributed by atoms with Crippen LogP contribution < -0.4 is 10.2 Å². The zero-order valence-electron chi connectivity index (χ0n) is 19.9. The third-order valence-corrected chi connectivity index (χ3v) is 7.09. The summed E-state index contributed by atoms with van der Waals surface area (Å²) in [4.78, 5) is 22.2. The second-order valence-electron chi connectivity index (χ2n) is 8.73. The number of benzene rings is 2. The van der Waals surface area contributed by atoms with Gasteiger partial charge in [-0.2, -0.15) is 0 Å². The summed E-state index contributed by atoms with van der Waals surface area (Å²) < 4.78 is 1.96. The van der Waals surface area contributed by atoms with Gasteiger partial charge in [-0.3, -0.25) is 9.69 Å². The van der Waals surface area contributed by atoms with Gasteiger partial charge in [0, 0.05) is 54.1 Å². The molecule has 4 rings (SSSR count). The third-order valence-electron chi connectivity index (χ3n) is 6.45. The van der Waals surface area contributed by atoms with Crippen molar-refractivity contribution in [1.29, 1.82) is 0 Å². The number of amides is 1. The van der Waals surface area contributed by atoms with Crippen LogP contribution in [0.5, 0.6) is 0 Å². The average Bonchev–Trinajstić information content (AvgIpc) is 3.13. The van der Waals surface area contributed by atoms with Crippen molar-refractivity contribution in [1.82, 2.24) is 19.8 Å². The second kappa shape index (κ2) is 10.8. The SMILES string of the molecule is Cc1c(Cl)cccc1N1CCN(CCCNC(=O)c2nc(C)n(-c3cccc(Cl)c3)c2C)CC1. The van der Waals surface area contributed by atoms with Gasteiger partial charge >= 0.3 is 0 Å². The summed E-state index contributed by atoms with van der Waals surface area (Å²) in [6.07, 6.45) is 0.898. The molecule has 1 fully saturated rings. The summed E-state index contributed by atoms with van der Waals surface area (Å²) in [5.74, 6) is 0.625. The van der Waals surface area contributed by atoms with Crippen LogP contribution in [0.1, 0.15) is 34.0 Å². The highest BCUT2D eigenvalue weighted by molar-refractivity contribution is 6.31. The zero-order chi connectivity index (χ0) is 24.2. The van der Waals surface area contributed by atoms with E-state index in [9.17, 15) is 4.79 Å². The predicted octanol–water partition coefficient (Wildman–Crippen LogP) is 5.05. The van der Waals surface area contributed by atoms with Gasteiger partial charge in [0.05, 0.1) is 5.69 Å². The fourth-order valence-corrected chi connectivity index (χ4v) is 4.95. The Labute approximate surface area is 211 Å². The highest BCUT2D eigenvalue weighted by atomic mass is 35.5. The second-order valence-corrected chi connectivity index (χ2v) is 9.57. The standard InChI is InChI=1S/C26H31Cl2N5O/c1-18-23(28)9-5-10-24(18)32-15-13-31(14-16-32)12-6-11-29-26(34)25-19(2)33(20(3)30-25)22-8-4-7-21(27)17-22/h4-5,7-10,17H,6,11-16H2,1-3H3,(H,29,34). The van der Waals surface area contributed by atoms with E-state index in [1.54, 1.807) is 0 Å². The molecule has 1 amide bonds.